The average molecular weight is 404 g/mol. The molecular weight excluding hydrogens is 374 g/mol. The molecule has 29 heavy (non-hydrogen) atoms. The van der Waals surface area contributed by atoms with Crippen LogP contribution in [0.25, 0.3) is 0 Å². The van der Waals surface area contributed by atoms with E-state index in [2.05, 4.69) is 20.8 Å². The number of ether oxygens (including phenoxy) is 2. The summed E-state index contributed by atoms with van der Waals surface area (Å²) < 4.78 is 38.1. The van der Waals surface area contributed by atoms with Crippen LogP contribution in [-0.2, 0) is 14.0 Å². The van der Waals surface area contributed by atoms with Crippen molar-refractivity contribution in [3.05, 3.63) is 23.5 Å². The van der Waals surface area contributed by atoms with Crippen molar-refractivity contribution in [1.82, 2.24) is 0 Å². The van der Waals surface area contributed by atoms with E-state index in [1.807, 2.05) is 0 Å². The van der Waals surface area contributed by atoms with Crippen LogP contribution in [0.3, 0.4) is 0 Å². The summed E-state index contributed by atoms with van der Waals surface area (Å²) in [6.45, 7) is 12.0. The van der Waals surface area contributed by atoms with E-state index in [0.717, 1.165) is 18.9 Å². The number of halogens is 1. The van der Waals surface area contributed by atoms with Crippen LogP contribution in [0.5, 0.6) is 5.75 Å². The molecule has 1 saturated heterocycles. The van der Waals surface area contributed by atoms with Gasteiger partial charge in [0.25, 0.3) is 0 Å². The van der Waals surface area contributed by atoms with E-state index in [4.69, 9.17) is 18.8 Å². The van der Waals surface area contributed by atoms with Crippen LogP contribution in [0, 0.1) is 23.1 Å². The third-order valence-electron chi connectivity index (χ3n) is 7.11. The second-order valence-corrected chi connectivity index (χ2v) is 10.4. The summed E-state index contributed by atoms with van der Waals surface area (Å²) in [6.07, 6.45) is 1.99. The lowest BCUT2D eigenvalue weighted by Crippen LogP contribution is -2.65. The molecule has 2 bridgehead atoms. The Kier molecular flexibility index (Phi) is 4.60. The number of hydrogen-bond donors (Lipinski definition) is 0. The summed E-state index contributed by atoms with van der Waals surface area (Å²) in [5, 5.41) is 0. The first-order valence-corrected chi connectivity index (χ1v) is 10.3. The fourth-order valence-corrected chi connectivity index (χ4v) is 5.50. The first-order chi connectivity index (χ1) is 13.4. The van der Waals surface area contributed by atoms with Crippen LogP contribution in [0.2, 0.25) is 0 Å². The van der Waals surface area contributed by atoms with Gasteiger partial charge in [0.1, 0.15) is 22.7 Å². The van der Waals surface area contributed by atoms with Gasteiger partial charge in [0, 0.05) is 5.46 Å². The maximum Gasteiger partial charge on any atom is 0.498 e. The summed E-state index contributed by atoms with van der Waals surface area (Å²) in [5.41, 5.74) is -0.513. The van der Waals surface area contributed by atoms with E-state index in [0.29, 0.717) is 17.3 Å². The second kappa shape index (κ2) is 6.45. The molecule has 5 nitrogen and oxygen atoms in total. The molecule has 0 radical (unpaired) electrons. The van der Waals surface area contributed by atoms with E-state index < -0.39 is 30.1 Å². The lowest BCUT2D eigenvalue weighted by atomic mass is 9.43. The molecule has 4 fully saturated rings. The van der Waals surface area contributed by atoms with Crippen LogP contribution in [0.15, 0.2) is 12.1 Å². The molecule has 1 aromatic carbocycles. The number of esters is 1. The first kappa shape index (κ1) is 20.7. The molecule has 3 unspecified atom stereocenters. The van der Waals surface area contributed by atoms with Gasteiger partial charge in [-0.25, -0.2) is 9.18 Å². The molecule has 1 aliphatic heterocycles. The maximum absolute atomic E-state index is 14.5. The van der Waals surface area contributed by atoms with E-state index in [1.165, 1.54) is 13.2 Å². The largest absolute Gasteiger partial charge is 0.498 e. The predicted molar refractivity (Wildman–Crippen MR) is 108 cm³/mol. The molecule has 7 heteroatoms. The molecule has 4 aliphatic rings. The monoisotopic (exact) mass is 404 g/mol. The van der Waals surface area contributed by atoms with Crippen LogP contribution in [0.4, 0.5) is 4.39 Å². The van der Waals surface area contributed by atoms with Gasteiger partial charge in [0.2, 0.25) is 0 Å². The quantitative estimate of drug-likeness (QED) is 0.568. The topological polar surface area (TPSA) is 54.0 Å². The zero-order valence-electron chi connectivity index (χ0n) is 18.3. The van der Waals surface area contributed by atoms with Gasteiger partial charge in [0.15, 0.2) is 0 Å². The molecule has 0 amide bonds. The summed E-state index contributed by atoms with van der Waals surface area (Å²) in [6, 6.07) is 2.47. The Bertz CT molecular complexity index is 848. The van der Waals surface area contributed by atoms with E-state index >= 15 is 0 Å². The molecule has 1 aromatic rings. The lowest BCUT2D eigenvalue weighted by molar-refractivity contribution is -0.199. The molecule has 4 atom stereocenters. The predicted octanol–water partition coefficient (Wildman–Crippen LogP) is 3.72. The third kappa shape index (κ3) is 3.17. The summed E-state index contributed by atoms with van der Waals surface area (Å²) in [4.78, 5) is 12.7. The number of carbonyl (C=O) groups excluding carboxylic acids is 1. The van der Waals surface area contributed by atoms with Gasteiger partial charge in [-0.05, 0) is 69.9 Å². The van der Waals surface area contributed by atoms with Gasteiger partial charge in [-0.15, -0.1) is 0 Å². The Morgan fingerprint density at radius 3 is 2.52 bits per heavy atom. The van der Waals surface area contributed by atoms with Gasteiger partial charge in [-0.3, -0.25) is 0 Å². The number of hydrogen-bond acceptors (Lipinski definition) is 5. The Hall–Kier alpha value is -1.60. The van der Waals surface area contributed by atoms with Gasteiger partial charge in [-0.1, -0.05) is 13.8 Å². The number of benzene rings is 1. The maximum atomic E-state index is 14.5. The van der Waals surface area contributed by atoms with Crippen molar-refractivity contribution in [2.45, 2.75) is 71.7 Å². The Balaban J connectivity index is 1.69. The fourth-order valence-electron chi connectivity index (χ4n) is 5.50. The first-order valence-electron chi connectivity index (χ1n) is 10.3. The molecule has 158 valence electrons. The molecule has 5 rings (SSSR count). The smallest absolute Gasteiger partial charge is 0.496 e. The highest BCUT2D eigenvalue weighted by Gasteiger charge is 2.68. The van der Waals surface area contributed by atoms with Crippen LogP contribution >= 0.6 is 0 Å². The molecule has 3 saturated carbocycles. The van der Waals surface area contributed by atoms with Crippen molar-refractivity contribution in [3.63, 3.8) is 0 Å². The van der Waals surface area contributed by atoms with Crippen molar-refractivity contribution in [2.24, 2.45) is 17.3 Å². The number of rotatable bonds is 3. The van der Waals surface area contributed by atoms with Crippen molar-refractivity contribution in [3.8, 4) is 5.75 Å². The number of methoxy groups -OCH3 is 1. The Labute approximate surface area is 172 Å². The minimum Gasteiger partial charge on any atom is -0.496 e. The van der Waals surface area contributed by atoms with Gasteiger partial charge in [-0.2, -0.15) is 0 Å². The van der Waals surface area contributed by atoms with Crippen molar-refractivity contribution in [1.29, 1.82) is 0 Å². The fraction of sp³-hybridized carbons (Fsp3) is 0.682. The highest BCUT2D eigenvalue weighted by Crippen LogP contribution is 2.65. The van der Waals surface area contributed by atoms with Gasteiger partial charge >= 0.3 is 13.1 Å². The summed E-state index contributed by atoms with van der Waals surface area (Å²) in [5.74, 6) is 0.0337. The van der Waals surface area contributed by atoms with Crippen molar-refractivity contribution >= 4 is 18.6 Å². The molecule has 1 heterocycles. The molecule has 0 aromatic heterocycles. The Morgan fingerprint density at radius 1 is 1.24 bits per heavy atom. The van der Waals surface area contributed by atoms with Gasteiger partial charge < -0.3 is 18.8 Å². The normalized spacial score (nSPS) is 32.4. The lowest BCUT2D eigenvalue weighted by Gasteiger charge is -2.64. The molecule has 0 spiro atoms. The standard InChI is InChI=1S/C22H30BFO5/c1-20(2,3)27-19(25)14-10-13(24)11-15(18(14)26-7)23-28-17-9-12-8-16(21(12,4)5)22(17,6)29-23/h10-12,16-17H,8-9H2,1-7H3/t12?,16?,17?,22-/m0/s1. The van der Waals surface area contributed by atoms with Crippen molar-refractivity contribution in [2.75, 3.05) is 7.11 Å². The highest BCUT2D eigenvalue weighted by molar-refractivity contribution is 6.63. The third-order valence-corrected chi connectivity index (χ3v) is 7.11. The van der Waals surface area contributed by atoms with Crippen LogP contribution in [-0.4, -0.2) is 37.5 Å². The Morgan fingerprint density at radius 2 is 1.93 bits per heavy atom. The van der Waals surface area contributed by atoms with E-state index in [-0.39, 0.29) is 22.8 Å². The second-order valence-electron chi connectivity index (χ2n) is 10.4. The zero-order chi connectivity index (χ0) is 21.4. The van der Waals surface area contributed by atoms with E-state index in [9.17, 15) is 9.18 Å². The highest BCUT2D eigenvalue weighted by atomic mass is 19.1. The van der Waals surface area contributed by atoms with Gasteiger partial charge in [0.05, 0.1) is 18.8 Å². The molecule has 0 N–H and O–H groups in total. The van der Waals surface area contributed by atoms with Crippen LogP contribution in [0.1, 0.15) is 64.7 Å². The molecular formula is C22H30BFO5. The number of carbonyl (C=O) groups is 1. The minimum absolute atomic E-state index is 0.0364. The zero-order valence-corrected chi connectivity index (χ0v) is 18.3. The average Bonchev–Trinajstić information content (AvgIpc) is 2.96. The van der Waals surface area contributed by atoms with Crippen LogP contribution < -0.4 is 10.2 Å². The molecule has 3 aliphatic carbocycles. The summed E-state index contributed by atoms with van der Waals surface area (Å²) in [7, 11) is 0.668. The van der Waals surface area contributed by atoms with Crippen molar-refractivity contribution < 1.29 is 28.0 Å². The summed E-state index contributed by atoms with van der Waals surface area (Å²) >= 11 is 0. The SMILES string of the molecule is COc1c(B2OC3CC4CC(C4(C)C)[C@]3(C)O2)cc(F)cc1C(=O)OC(C)(C)C. The minimum atomic E-state index is -0.785. The van der Waals surface area contributed by atoms with E-state index in [1.54, 1.807) is 20.8 Å².